The third-order valence-corrected chi connectivity index (χ3v) is 2.96. The molecule has 0 spiro atoms. The lowest BCUT2D eigenvalue weighted by molar-refractivity contribution is 0.0594. The first-order valence-electron chi connectivity index (χ1n) is 6.47. The van der Waals surface area contributed by atoms with Crippen LogP contribution >= 0.6 is 0 Å². The van der Waals surface area contributed by atoms with E-state index in [-0.39, 0.29) is 11.4 Å². The van der Waals surface area contributed by atoms with Crippen LogP contribution < -0.4 is 11.1 Å². The van der Waals surface area contributed by atoms with E-state index in [0.29, 0.717) is 18.1 Å². The Kier molecular flexibility index (Phi) is 4.61. The minimum atomic E-state index is -0.503. The van der Waals surface area contributed by atoms with E-state index in [1.54, 1.807) is 18.2 Å². The molecule has 0 fully saturated rings. The molecule has 21 heavy (non-hydrogen) atoms. The molecule has 1 aromatic carbocycles. The Labute approximate surface area is 122 Å². The number of methoxy groups -OCH3 is 1. The fraction of sp³-hybridized carbons (Fsp3) is 0.200. The van der Waals surface area contributed by atoms with Gasteiger partial charge >= 0.3 is 5.97 Å². The van der Waals surface area contributed by atoms with Crippen LogP contribution in [0.2, 0.25) is 0 Å². The summed E-state index contributed by atoms with van der Waals surface area (Å²) in [4.78, 5) is 15.6. The Hall–Kier alpha value is -2.76. The fourth-order valence-corrected chi connectivity index (χ4v) is 1.82. The zero-order valence-electron chi connectivity index (χ0n) is 11.7. The average molecular weight is 287 g/mol. The number of nitrogens with one attached hydrogen (secondary N) is 1. The third kappa shape index (κ3) is 3.85. The van der Waals surface area contributed by atoms with E-state index in [1.807, 2.05) is 12.1 Å². The second-order valence-corrected chi connectivity index (χ2v) is 4.47. The molecule has 6 heteroatoms. The van der Waals surface area contributed by atoms with Gasteiger partial charge in [0, 0.05) is 6.54 Å². The third-order valence-electron chi connectivity index (χ3n) is 2.96. The zero-order valence-corrected chi connectivity index (χ0v) is 11.7. The van der Waals surface area contributed by atoms with Crippen molar-refractivity contribution in [1.82, 2.24) is 4.98 Å². The summed E-state index contributed by atoms with van der Waals surface area (Å²) in [7, 11) is 1.30. The standard InChI is InChI=1S/C15H17N3O3/c1-21-15(20)13-7-6-12(16)14(18-13)17-9-8-10-2-4-11(19)5-3-10/h2-7,19H,8-9,16H2,1H3,(H,17,18). The van der Waals surface area contributed by atoms with Gasteiger partial charge in [0.05, 0.1) is 12.8 Å². The summed E-state index contributed by atoms with van der Waals surface area (Å²) in [5.74, 6) is 0.191. The van der Waals surface area contributed by atoms with Crippen LogP contribution in [0.15, 0.2) is 36.4 Å². The van der Waals surface area contributed by atoms with E-state index in [1.165, 1.54) is 13.2 Å². The highest BCUT2D eigenvalue weighted by atomic mass is 16.5. The zero-order chi connectivity index (χ0) is 15.2. The summed E-state index contributed by atoms with van der Waals surface area (Å²) < 4.78 is 4.62. The number of aromatic nitrogens is 1. The normalized spacial score (nSPS) is 10.1. The molecule has 0 unspecified atom stereocenters. The van der Waals surface area contributed by atoms with E-state index < -0.39 is 5.97 Å². The molecular weight excluding hydrogens is 270 g/mol. The molecule has 0 aliphatic carbocycles. The number of nitrogens with zero attached hydrogens (tertiary/aromatic N) is 1. The van der Waals surface area contributed by atoms with Gasteiger partial charge in [-0.3, -0.25) is 0 Å². The van der Waals surface area contributed by atoms with Gasteiger partial charge in [-0.25, -0.2) is 9.78 Å². The summed E-state index contributed by atoms with van der Waals surface area (Å²) in [6.45, 7) is 0.604. The highest BCUT2D eigenvalue weighted by molar-refractivity contribution is 5.88. The number of benzene rings is 1. The summed E-state index contributed by atoms with van der Waals surface area (Å²) in [6.07, 6.45) is 0.740. The van der Waals surface area contributed by atoms with Crippen molar-refractivity contribution in [2.24, 2.45) is 0 Å². The molecule has 2 aromatic rings. The van der Waals surface area contributed by atoms with Gasteiger partial charge in [-0.1, -0.05) is 12.1 Å². The van der Waals surface area contributed by atoms with Crippen LogP contribution in [-0.4, -0.2) is 29.7 Å². The number of aromatic hydroxyl groups is 1. The van der Waals surface area contributed by atoms with Crippen LogP contribution in [0, 0.1) is 0 Å². The van der Waals surface area contributed by atoms with Crippen molar-refractivity contribution in [3.05, 3.63) is 47.7 Å². The quantitative estimate of drug-likeness (QED) is 0.726. The summed E-state index contributed by atoms with van der Waals surface area (Å²) in [6, 6.07) is 10.1. The average Bonchev–Trinajstić information content (AvgIpc) is 2.50. The van der Waals surface area contributed by atoms with Crippen LogP contribution in [-0.2, 0) is 11.2 Å². The van der Waals surface area contributed by atoms with E-state index in [0.717, 1.165) is 12.0 Å². The second kappa shape index (κ2) is 6.60. The number of nitrogens with two attached hydrogens (primary N) is 1. The van der Waals surface area contributed by atoms with E-state index in [9.17, 15) is 9.90 Å². The van der Waals surface area contributed by atoms with Crippen LogP contribution in [0.1, 0.15) is 16.1 Å². The SMILES string of the molecule is COC(=O)c1ccc(N)c(NCCc2ccc(O)cc2)n1. The molecule has 1 heterocycles. The highest BCUT2D eigenvalue weighted by Gasteiger charge is 2.10. The number of carbonyl (C=O) groups excluding carboxylic acids is 1. The maximum Gasteiger partial charge on any atom is 0.356 e. The Morgan fingerprint density at radius 2 is 2.00 bits per heavy atom. The Morgan fingerprint density at radius 1 is 1.29 bits per heavy atom. The molecule has 1 aromatic heterocycles. The molecule has 110 valence electrons. The van der Waals surface area contributed by atoms with Crippen molar-refractivity contribution in [2.45, 2.75) is 6.42 Å². The number of phenolic OH excluding ortho intramolecular Hbond substituents is 1. The highest BCUT2D eigenvalue weighted by Crippen LogP contribution is 2.16. The van der Waals surface area contributed by atoms with Gasteiger partial charge in [-0.05, 0) is 36.2 Å². The number of esters is 1. The van der Waals surface area contributed by atoms with Crippen molar-refractivity contribution >= 4 is 17.5 Å². The predicted molar refractivity (Wildman–Crippen MR) is 80.3 cm³/mol. The molecule has 0 saturated heterocycles. The number of hydrogen-bond acceptors (Lipinski definition) is 6. The largest absolute Gasteiger partial charge is 0.508 e. The first kappa shape index (κ1) is 14.6. The molecule has 0 amide bonds. The number of anilines is 2. The van der Waals surface area contributed by atoms with Gasteiger partial charge in [0.1, 0.15) is 11.6 Å². The maximum atomic E-state index is 11.4. The minimum absolute atomic E-state index is 0.207. The topological polar surface area (TPSA) is 97.5 Å². The van der Waals surface area contributed by atoms with Gasteiger partial charge in [0.25, 0.3) is 0 Å². The molecule has 0 atom stereocenters. The van der Waals surface area contributed by atoms with Crippen LogP contribution in [0.25, 0.3) is 0 Å². The molecule has 6 nitrogen and oxygen atoms in total. The lowest BCUT2D eigenvalue weighted by Gasteiger charge is -2.09. The van der Waals surface area contributed by atoms with Crippen molar-refractivity contribution in [3.63, 3.8) is 0 Å². The molecule has 0 aliphatic rings. The molecule has 4 N–H and O–H groups in total. The van der Waals surface area contributed by atoms with Gasteiger partial charge in [-0.15, -0.1) is 0 Å². The van der Waals surface area contributed by atoms with Crippen LogP contribution in [0.4, 0.5) is 11.5 Å². The first-order valence-corrected chi connectivity index (χ1v) is 6.47. The van der Waals surface area contributed by atoms with E-state index in [4.69, 9.17) is 5.73 Å². The monoisotopic (exact) mass is 287 g/mol. The molecule has 0 radical (unpaired) electrons. The number of ether oxygens (including phenoxy) is 1. The number of hydrogen-bond donors (Lipinski definition) is 3. The lowest BCUT2D eigenvalue weighted by atomic mass is 10.1. The van der Waals surface area contributed by atoms with Gasteiger partial charge in [0.2, 0.25) is 0 Å². The Balaban J connectivity index is 1.99. The fourth-order valence-electron chi connectivity index (χ4n) is 1.82. The smallest absolute Gasteiger partial charge is 0.356 e. The molecular formula is C15H17N3O3. The number of carbonyl (C=O) groups is 1. The lowest BCUT2D eigenvalue weighted by Crippen LogP contribution is -2.12. The molecule has 0 aliphatic heterocycles. The van der Waals surface area contributed by atoms with Gasteiger partial charge in [0.15, 0.2) is 5.69 Å². The summed E-state index contributed by atoms with van der Waals surface area (Å²) in [5.41, 5.74) is 7.57. The maximum absolute atomic E-state index is 11.4. The number of nitrogen functional groups attached to an aromatic ring is 1. The molecule has 2 rings (SSSR count). The van der Waals surface area contributed by atoms with Gasteiger partial charge in [-0.2, -0.15) is 0 Å². The number of pyridine rings is 1. The van der Waals surface area contributed by atoms with Crippen molar-refractivity contribution in [2.75, 3.05) is 24.7 Å². The number of rotatable bonds is 5. The van der Waals surface area contributed by atoms with Gasteiger partial charge < -0.3 is 20.9 Å². The first-order chi connectivity index (χ1) is 10.1. The van der Waals surface area contributed by atoms with Crippen molar-refractivity contribution in [3.8, 4) is 5.75 Å². The molecule has 0 saturated carbocycles. The summed E-state index contributed by atoms with van der Waals surface area (Å²) in [5, 5.41) is 12.3. The van der Waals surface area contributed by atoms with E-state index >= 15 is 0 Å². The second-order valence-electron chi connectivity index (χ2n) is 4.47. The Morgan fingerprint density at radius 3 is 2.67 bits per heavy atom. The van der Waals surface area contributed by atoms with Crippen LogP contribution in [0.3, 0.4) is 0 Å². The van der Waals surface area contributed by atoms with Crippen molar-refractivity contribution in [1.29, 1.82) is 0 Å². The summed E-state index contributed by atoms with van der Waals surface area (Å²) >= 11 is 0. The Bertz CT molecular complexity index is 627. The van der Waals surface area contributed by atoms with Crippen molar-refractivity contribution < 1.29 is 14.6 Å². The van der Waals surface area contributed by atoms with E-state index in [2.05, 4.69) is 15.0 Å². The minimum Gasteiger partial charge on any atom is -0.508 e. The van der Waals surface area contributed by atoms with Crippen LogP contribution in [0.5, 0.6) is 5.75 Å². The molecule has 0 bridgehead atoms. The number of phenols is 1. The predicted octanol–water partition coefficient (Wildman–Crippen LogP) is 1.81.